The maximum absolute atomic E-state index is 14.8. The number of aliphatic hydroxyl groups excluding tert-OH is 2. The molecule has 0 aromatic heterocycles. The molecule has 131 heavy (non-hydrogen) atoms. The Kier molecular flexibility index (Phi) is 51.9. The number of nitrogens with one attached hydrogen (secondary N) is 20. The van der Waals surface area contributed by atoms with Gasteiger partial charge in [0.15, 0.2) is 11.9 Å². The third kappa shape index (κ3) is 44.5. The molecule has 0 fully saturated rings. The third-order valence-corrected chi connectivity index (χ3v) is 20.4. The van der Waals surface area contributed by atoms with E-state index in [-0.39, 0.29) is 116 Å². The van der Waals surface area contributed by atoms with Crippen LogP contribution >= 0.6 is 0 Å². The largest absolute Gasteiger partial charge is 0.394 e. The number of hydrogen-bond donors (Lipinski definition) is 30. The molecule has 0 bridgehead atoms. The van der Waals surface area contributed by atoms with E-state index >= 15 is 0 Å². The minimum atomic E-state index is -2.03. The van der Waals surface area contributed by atoms with E-state index in [1.54, 1.807) is 74.5 Å². The van der Waals surface area contributed by atoms with Crippen molar-refractivity contribution in [1.82, 2.24) is 95.7 Å². The predicted molar refractivity (Wildman–Crippen MR) is 477 cm³/mol. The second kappa shape index (κ2) is 59.8. The molecule has 0 aliphatic rings. The van der Waals surface area contributed by atoms with Crippen LogP contribution in [0.1, 0.15) is 156 Å². The van der Waals surface area contributed by atoms with Gasteiger partial charge in [-0.1, -0.05) is 88.4 Å². The maximum atomic E-state index is 14.8. The van der Waals surface area contributed by atoms with Crippen molar-refractivity contribution in [2.75, 3.05) is 52.4 Å². The van der Waals surface area contributed by atoms with E-state index in [0.717, 1.165) is 12.5 Å². The van der Waals surface area contributed by atoms with Crippen LogP contribution in [0.3, 0.4) is 0 Å². The highest BCUT2D eigenvalue weighted by molar-refractivity contribution is 6.02. The Morgan fingerprint density at radius 1 is 0.389 bits per heavy atom. The van der Waals surface area contributed by atoms with Crippen LogP contribution in [0.25, 0.3) is 0 Å². The number of unbranched alkanes of at least 4 members (excludes halogenated alkanes) is 2. The van der Waals surface area contributed by atoms with Crippen LogP contribution in [0, 0.1) is 22.7 Å². The van der Waals surface area contributed by atoms with Crippen molar-refractivity contribution < 1.29 is 101 Å². The predicted octanol–water partition coefficient (Wildman–Crippen LogP) is -10.6. The summed E-state index contributed by atoms with van der Waals surface area (Å²) in [6, 6.07) is -2.52. The molecule has 0 aliphatic heterocycles. The first kappa shape index (κ1) is 114. The molecule has 0 spiro atoms. The number of rotatable bonds is 63. The van der Waals surface area contributed by atoms with E-state index in [1.807, 2.05) is 0 Å². The topological polar surface area (TPSA) is 837 Å². The van der Waals surface area contributed by atoms with Crippen molar-refractivity contribution in [3.63, 3.8) is 0 Å². The van der Waals surface area contributed by atoms with Crippen LogP contribution in [-0.4, -0.2) is 277 Å². The standard InChI is InChI=1S/C82H136N28O21/c1-43(2)35-56(74(126)99-46(6)68(120)105-58(38-61(87)114)75(127)101-51(66(88)118)29-30-60(86)113)106-71(123)52(25-15-17-31-83)104-73(125)55(28-20-34-94-81(91)92)108-79(131)82(8,44(3)4)110-77(129)59(42-111)107-72(124)53(26-16-18-32-84)103-70(122)54(27-19-33-93-80(89)90)102-67(119)45(5)98-63(116)41-97-78(130)65(47(7)112)109-76(128)57(37-49-23-13-10-14-24-49)100-64(117)40-95-62(115)39-96-69(121)50(85)36-48-21-11-9-12-22-48/h9-14,21-24,43-47,50-59,65,111-112H,15-20,25-42,83-85H2,1-8H3,(H2,86,113)(H2,87,114)(H2,88,118)(H,95,115)(H,96,121)(H,97,130)(H,98,116)(H,99,126)(H,100,117)(H,101,127)(H,102,119)(H,103,122)(H,104,125)(H,105,120)(H,106,123)(H,107,124)(H,108,131)(H,109,128)(H,110,129)(H4,89,90,93)(H4,91,92,94)/t45-,46-,47+,50-,51-,52-,53-,54-,55-,56-,57-,58-,59-,65-,82?/m0/s1. The molecule has 0 heterocycles. The van der Waals surface area contributed by atoms with E-state index in [1.165, 1.54) is 34.6 Å². The molecule has 15 atom stereocenters. The second-order valence-electron chi connectivity index (χ2n) is 32.3. The number of carbonyl (C=O) groups is 19. The summed E-state index contributed by atoms with van der Waals surface area (Å²) in [5, 5.41) is 81.2. The summed E-state index contributed by atoms with van der Waals surface area (Å²) < 4.78 is 0. The summed E-state index contributed by atoms with van der Waals surface area (Å²) >= 11 is 0. The molecular formula is C82H136N28O21. The number of amides is 19. The van der Waals surface area contributed by atoms with Crippen molar-refractivity contribution in [1.29, 1.82) is 10.8 Å². The van der Waals surface area contributed by atoms with E-state index < -0.39 is 253 Å². The van der Waals surface area contributed by atoms with E-state index in [2.05, 4.69) is 95.7 Å². The number of guanidine groups is 2. The van der Waals surface area contributed by atoms with Gasteiger partial charge in [-0.2, -0.15) is 0 Å². The smallest absolute Gasteiger partial charge is 0.246 e. The SMILES string of the molecule is CC(C)C[C@H](NC(=O)[C@H](CCCCN)NC(=O)[C@H](CCCNC(=N)N)NC(=O)C(C)(NC(=O)[C@H](CO)NC(=O)[C@H](CCCCN)NC(=O)[C@H](CCCNC(=N)N)NC(=O)[C@H](C)NC(=O)CNC(=O)[C@@H](NC(=O)[C@H](Cc1ccccc1)NC(=O)CNC(=O)CNC(=O)[C@@H](N)Cc1ccccc1)[C@@H](C)O)C(C)C)C(=O)N[C@@H](C)C(=O)N[C@@H](CC(N)=O)C(=O)N[C@@H](CCC(N)=O)C(N)=O. The number of carbonyl (C=O) groups excluding carboxylic acids is 19. The molecule has 2 aromatic carbocycles. The Bertz CT molecular complexity index is 4190. The van der Waals surface area contributed by atoms with Crippen LogP contribution in [-0.2, 0) is 104 Å². The Morgan fingerprint density at radius 2 is 0.794 bits per heavy atom. The Labute approximate surface area is 759 Å². The number of primary amides is 3. The van der Waals surface area contributed by atoms with Crippen LogP contribution in [0.2, 0.25) is 0 Å². The fraction of sp³-hybridized carbons (Fsp3) is 0.598. The van der Waals surface area contributed by atoms with Crippen LogP contribution in [0.4, 0.5) is 0 Å². The summed E-state index contributed by atoms with van der Waals surface area (Å²) in [5.74, 6) is -20.6. The molecule has 19 amide bonds. The van der Waals surface area contributed by atoms with Gasteiger partial charge in [0, 0.05) is 25.9 Å². The Hall–Kier alpha value is -13.3. The first-order valence-electron chi connectivity index (χ1n) is 43.0. The average Bonchev–Trinajstić information content (AvgIpc) is 0.805. The molecule has 49 heteroatoms. The lowest BCUT2D eigenvalue weighted by molar-refractivity contribution is -0.140. The molecule has 0 radical (unpaired) electrons. The van der Waals surface area contributed by atoms with Crippen molar-refractivity contribution in [2.45, 2.75) is 248 Å². The monoisotopic (exact) mass is 1850 g/mol. The molecule has 1 unspecified atom stereocenters. The zero-order valence-electron chi connectivity index (χ0n) is 75.3. The molecule has 2 aromatic rings. The fourth-order valence-corrected chi connectivity index (χ4v) is 12.5. The van der Waals surface area contributed by atoms with Gasteiger partial charge in [-0.05, 0) is 147 Å². The normalized spacial score (nSPS) is 14.7. The van der Waals surface area contributed by atoms with Gasteiger partial charge in [-0.15, -0.1) is 0 Å². The summed E-state index contributed by atoms with van der Waals surface area (Å²) in [5.41, 5.74) is 43.9. The van der Waals surface area contributed by atoms with Crippen molar-refractivity contribution in [2.24, 2.45) is 57.7 Å². The molecule has 0 saturated carbocycles. The lowest BCUT2D eigenvalue weighted by Gasteiger charge is -2.36. The van der Waals surface area contributed by atoms with Gasteiger partial charge < -0.3 is 152 Å². The van der Waals surface area contributed by atoms with Crippen molar-refractivity contribution in [3.8, 4) is 0 Å². The lowest BCUT2D eigenvalue weighted by atomic mass is 9.86. The highest BCUT2D eigenvalue weighted by Crippen LogP contribution is 2.20. The summed E-state index contributed by atoms with van der Waals surface area (Å²) in [4.78, 5) is 257. The molecule has 2 rings (SSSR count). The summed E-state index contributed by atoms with van der Waals surface area (Å²) in [6.45, 7) is 8.34. The number of hydrogen-bond acceptors (Lipinski definition) is 26. The number of nitrogens with two attached hydrogens (primary N) is 8. The van der Waals surface area contributed by atoms with Crippen LogP contribution < -0.4 is 142 Å². The molecule has 0 aliphatic carbocycles. The summed E-state index contributed by atoms with van der Waals surface area (Å²) in [7, 11) is 0. The van der Waals surface area contributed by atoms with Crippen LogP contribution in [0.15, 0.2) is 60.7 Å². The first-order chi connectivity index (χ1) is 61.7. The quantitative estimate of drug-likeness (QED) is 0.0166. The Balaban J connectivity index is 2.38. The van der Waals surface area contributed by atoms with Crippen LogP contribution in [0.5, 0.6) is 0 Å². The van der Waals surface area contributed by atoms with Gasteiger partial charge in [0.1, 0.15) is 78.0 Å². The highest BCUT2D eigenvalue weighted by Gasteiger charge is 2.43. The number of benzene rings is 2. The molecule has 38 N–H and O–H groups in total. The minimum Gasteiger partial charge on any atom is -0.394 e. The van der Waals surface area contributed by atoms with Gasteiger partial charge in [0.25, 0.3) is 0 Å². The van der Waals surface area contributed by atoms with Gasteiger partial charge in [0.05, 0.1) is 44.8 Å². The molecule has 0 saturated heterocycles. The van der Waals surface area contributed by atoms with Crippen molar-refractivity contribution >= 4 is 124 Å². The summed E-state index contributed by atoms with van der Waals surface area (Å²) in [6.07, 6.45) is -2.77. The minimum absolute atomic E-state index is 0.0149. The lowest BCUT2D eigenvalue weighted by Crippen LogP contribution is -2.66. The van der Waals surface area contributed by atoms with Gasteiger partial charge in [0.2, 0.25) is 112 Å². The maximum Gasteiger partial charge on any atom is 0.246 e. The molecule has 49 nitrogen and oxygen atoms in total. The van der Waals surface area contributed by atoms with E-state index in [9.17, 15) is 101 Å². The first-order valence-corrected chi connectivity index (χ1v) is 43.0. The highest BCUT2D eigenvalue weighted by atomic mass is 16.3. The van der Waals surface area contributed by atoms with Gasteiger partial charge in [-0.3, -0.25) is 102 Å². The van der Waals surface area contributed by atoms with E-state index in [0.29, 0.717) is 18.4 Å². The fourth-order valence-electron chi connectivity index (χ4n) is 12.5. The molecular weight excluding hydrogens is 1710 g/mol. The third-order valence-electron chi connectivity index (χ3n) is 20.4. The average molecular weight is 1850 g/mol. The zero-order valence-corrected chi connectivity index (χ0v) is 75.3. The van der Waals surface area contributed by atoms with E-state index in [4.69, 9.17) is 56.7 Å². The second-order valence-corrected chi connectivity index (χ2v) is 32.3. The van der Waals surface area contributed by atoms with Gasteiger partial charge >= 0.3 is 0 Å². The number of aliphatic hydroxyl groups is 2. The zero-order chi connectivity index (χ0) is 98.8. The molecule has 730 valence electrons. The Morgan fingerprint density at radius 3 is 1.25 bits per heavy atom. The van der Waals surface area contributed by atoms with Crippen molar-refractivity contribution in [3.05, 3.63) is 71.8 Å². The van der Waals surface area contributed by atoms with Gasteiger partial charge in [-0.25, -0.2) is 0 Å².